The number of aromatic nitrogens is 1. The van der Waals surface area contributed by atoms with Gasteiger partial charge < -0.3 is 14.2 Å². The highest BCUT2D eigenvalue weighted by Crippen LogP contribution is 2.46. The topological polar surface area (TPSA) is 17.4 Å². The van der Waals surface area contributed by atoms with Crippen molar-refractivity contribution in [3.63, 3.8) is 0 Å². The Bertz CT molecular complexity index is 3050. The summed E-state index contributed by atoms with van der Waals surface area (Å²) < 4.78 is 8.70. The van der Waals surface area contributed by atoms with Gasteiger partial charge in [-0.25, -0.2) is 0 Å². The summed E-state index contributed by atoms with van der Waals surface area (Å²) in [5.74, 6) is 1.77. The van der Waals surface area contributed by atoms with E-state index < -0.39 is 0 Å². The fourth-order valence-corrected chi connectivity index (χ4v) is 8.27. The lowest BCUT2D eigenvalue weighted by molar-refractivity contribution is 0.476. The van der Waals surface area contributed by atoms with Gasteiger partial charge in [-0.05, 0) is 117 Å². The maximum atomic E-state index is 6.36. The van der Waals surface area contributed by atoms with Crippen molar-refractivity contribution in [1.29, 1.82) is 0 Å². The zero-order chi connectivity index (χ0) is 36.3. The molecular weight excluding hydrogens is 669 g/mol. The number of hydrogen-bond donors (Lipinski definition) is 0. The molecule has 0 radical (unpaired) electrons. The van der Waals surface area contributed by atoms with Crippen LogP contribution in [0, 0.1) is 0 Å². The summed E-state index contributed by atoms with van der Waals surface area (Å²) >= 11 is 0. The Morgan fingerprint density at radius 2 is 0.927 bits per heavy atom. The molecule has 0 saturated heterocycles. The quantitative estimate of drug-likeness (QED) is 0.172. The highest BCUT2D eigenvalue weighted by Gasteiger charge is 2.23. The second-order valence-electron chi connectivity index (χ2n) is 14.2. The standard InChI is InChI=1S/C52H34N2O/c1-2-10-35(11-3-1)37-22-27-43(28-23-37)53(45-15-8-14-40(33-45)41-21-20-36-12-4-5-13-39(36)32-41)44-29-24-38(25-30-44)42-26-31-48-47(34-42)46-16-9-19-51-52(46)54(48)49-17-6-7-18-50(49)55-51/h1-34H. The Labute approximate surface area is 319 Å². The molecule has 258 valence electrons. The minimum Gasteiger partial charge on any atom is -0.453 e. The fraction of sp³-hybridized carbons (Fsp3) is 0. The molecule has 0 fully saturated rings. The van der Waals surface area contributed by atoms with Gasteiger partial charge in [0.25, 0.3) is 0 Å². The molecule has 9 aromatic carbocycles. The van der Waals surface area contributed by atoms with E-state index in [2.05, 4.69) is 204 Å². The van der Waals surface area contributed by atoms with Crippen molar-refractivity contribution in [1.82, 2.24) is 4.57 Å². The first kappa shape index (κ1) is 31.2. The molecule has 0 aliphatic carbocycles. The summed E-state index contributed by atoms with van der Waals surface area (Å²) in [4.78, 5) is 2.36. The van der Waals surface area contributed by atoms with Crippen LogP contribution in [-0.2, 0) is 0 Å². The van der Waals surface area contributed by atoms with Gasteiger partial charge in [-0.2, -0.15) is 0 Å². The van der Waals surface area contributed by atoms with Crippen molar-refractivity contribution in [2.45, 2.75) is 0 Å². The van der Waals surface area contributed by atoms with Gasteiger partial charge in [-0.15, -0.1) is 0 Å². The third-order valence-corrected chi connectivity index (χ3v) is 11.0. The van der Waals surface area contributed by atoms with E-state index in [0.29, 0.717) is 0 Å². The highest BCUT2D eigenvalue weighted by atomic mass is 16.5. The van der Waals surface area contributed by atoms with Crippen molar-refractivity contribution >= 4 is 49.6 Å². The second kappa shape index (κ2) is 12.6. The molecule has 0 atom stereocenters. The van der Waals surface area contributed by atoms with Crippen molar-refractivity contribution in [2.24, 2.45) is 0 Å². The van der Waals surface area contributed by atoms with E-state index in [1.54, 1.807) is 0 Å². The van der Waals surface area contributed by atoms with E-state index in [4.69, 9.17) is 4.74 Å². The Morgan fingerprint density at radius 1 is 0.345 bits per heavy atom. The minimum absolute atomic E-state index is 0.877. The van der Waals surface area contributed by atoms with Crippen LogP contribution in [0.25, 0.3) is 71.6 Å². The number of fused-ring (bicyclic) bond motifs is 6. The molecular formula is C52H34N2O. The maximum Gasteiger partial charge on any atom is 0.152 e. The predicted octanol–water partition coefficient (Wildman–Crippen LogP) is 14.5. The lowest BCUT2D eigenvalue weighted by Crippen LogP contribution is -2.10. The molecule has 0 spiro atoms. The summed E-state index contributed by atoms with van der Waals surface area (Å²) in [5.41, 5.74) is 13.8. The Balaban J connectivity index is 1.00. The molecule has 3 nitrogen and oxygen atoms in total. The Kier molecular flexibility index (Phi) is 7.17. The first-order valence-electron chi connectivity index (χ1n) is 18.7. The van der Waals surface area contributed by atoms with E-state index in [-0.39, 0.29) is 0 Å². The zero-order valence-corrected chi connectivity index (χ0v) is 29.9. The number of hydrogen-bond acceptors (Lipinski definition) is 2. The van der Waals surface area contributed by atoms with Gasteiger partial charge in [0.1, 0.15) is 0 Å². The first-order valence-corrected chi connectivity index (χ1v) is 18.7. The van der Waals surface area contributed by atoms with Crippen LogP contribution >= 0.6 is 0 Å². The van der Waals surface area contributed by atoms with E-state index >= 15 is 0 Å². The molecule has 0 N–H and O–H groups in total. The number of ether oxygens (including phenoxy) is 1. The third kappa shape index (κ3) is 5.28. The summed E-state index contributed by atoms with van der Waals surface area (Å²) in [7, 11) is 0. The number of benzene rings is 9. The van der Waals surface area contributed by atoms with Gasteiger partial charge >= 0.3 is 0 Å². The first-order chi connectivity index (χ1) is 27.2. The second-order valence-corrected chi connectivity index (χ2v) is 14.2. The van der Waals surface area contributed by atoms with E-state index in [0.717, 1.165) is 39.8 Å². The average molecular weight is 703 g/mol. The largest absolute Gasteiger partial charge is 0.453 e. The predicted molar refractivity (Wildman–Crippen MR) is 229 cm³/mol. The number of para-hydroxylation sites is 3. The summed E-state index contributed by atoms with van der Waals surface area (Å²) in [6.07, 6.45) is 0. The molecule has 1 aliphatic heterocycles. The zero-order valence-electron chi connectivity index (χ0n) is 29.9. The van der Waals surface area contributed by atoms with Crippen LogP contribution < -0.4 is 9.64 Å². The number of anilines is 3. The fourth-order valence-electron chi connectivity index (χ4n) is 8.27. The van der Waals surface area contributed by atoms with Crippen molar-refractivity contribution in [2.75, 3.05) is 4.90 Å². The molecule has 0 amide bonds. The SMILES string of the molecule is c1ccc(-c2ccc(N(c3ccc(-c4ccc5c(c4)c4cccc6c4n5-c4ccccc4O6)cc3)c3cccc(-c4ccc5ccccc5c4)c3)cc2)cc1. The smallest absolute Gasteiger partial charge is 0.152 e. The Morgan fingerprint density at radius 3 is 1.75 bits per heavy atom. The molecule has 0 unspecified atom stereocenters. The van der Waals surface area contributed by atoms with Gasteiger partial charge in [-0.1, -0.05) is 133 Å². The van der Waals surface area contributed by atoms with Crippen LogP contribution in [0.3, 0.4) is 0 Å². The minimum atomic E-state index is 0.877. The van der Waals surface area contributed by atoms with Crippen LogP contribution in [0.1, 0.15) is 0 Å². The molecule has 2 heterocycles. The van der Waals surface area contributed by atoms with Gasteiger partial charge in [0.15, 0.2) is 11.5 Å². The molecule has 0 bridgehead atoms. The Hall–Kier alpha value is -7.36. The molecule has 10 aromatic rings. The third-order valence-electron chi connectivity index (χ3n) is 11.0. The van der Waals surface area contributed by atoms with E-state index in [1.807, 2.05) is 12.1 Å². The molecule has 0 saturated carbocycles. The summed E-state index contributed by atoms with van der Waals surface area (Å²) in [6.45, 7) is 0. The van der Waals surface area contributed by atoms with E-state index in [1.165, 1.54) is 60.4 Å². The normalized spacial score (nSPS) is 11.8. The van der Waals surface area contributed by atoms with Gasteiger partial charge in [0, 0.05) is 27.8 Å². The maximum absolute atomic E-state index is 6.36. The monoisotopic (exact) mass is 702 g/mol. The molecule has 55 heavy (non-hydrogen) atoms. The van der Waals surface area contributed by atoms with E-state index in [9.17, 15) is 0 Å². The van der Waals surface area contributed by atoms with Gasteiger partial charge in [-0.3, -0.25) is 0 Å². The van der Waals surface area contributed by atoms with Crippen LogP contribution in [0.15, 0.2) is 206 Å². The van der Waals surface area contributed by atoms with Crippen molar-refractivity contribution in [3.05, 3.63) is 206 Å². The lowest BCUT2D eigenvalue weighted by atomic mass is 10.00. The average Bonchev–Trinajstić information content (AvgIpc) is 3.59. The highest BCUT2D eigenvalue weighted by molar-refractivity contribution is 6.13. The van der Waals surface area contributed by atoms with Crippen LogP contribution in [0.4, 0.5) is 17.1 Å². The van der Waals surface area contributed by atoms with Crippen molar-refractivity contribution < 1.29 is 4.74 Å². The van der Waals surface area contributed by atoms with Crippen molar-refractivity contribution in [3.8, 4) is 50.6 Å². The van der Waals surface area contributed by atoms with Gasteiger partial charge in [0.05, 0.1) is 16.7 Å². The molecule has 1 aromatic heterocycles. The molecule has 3 heteroatoms. The summed E-state index contributed by atoms with van der Waals surface area (Å²) in [5, 5.41) is 4.89. The molecule has 11 rings (SSSR count). The van der Waals surface area contributed by atoms with Crippen LogP contribution in [0.2, 0.25) is 0 Å². The molecule has 1 aliphatic rings. The number of nitrogens with zero attached hydrogens (tertiary/aromatic N) is 2. The van der Waals surface area contributed by atoms with Crippen LogP contribution in [-0.4, -0.2) is 4.57 Å². The van der Waals surface area contributed by atoms with Crippen LogP contribution in [0.5, 0.6) is 11.5 Å². The van der Waals surface area contributed by atoms with Gasteiger partial charge in [0.2, 0.25) is 0 Å². The lowest BCUT2D eigenvalue weighted by Gasteiger charge is -2.26. The number of rotatable bonds is 6. The summed E-state index contributed by atoms with van der Waals surface area (Å²) in [6, 6.07) is 74.0.